The summed E-state index contributed by atoms with van der Waals surface area (Å²) in [4.78, 5) is 2.24. The largest absolute Gasteiger partial charge is 0.465 e. The number of furan rings is 1. The Labute approximate surface area is 116 Å². The number of aryl methyl sites for hydroxylation is 1. The van der Waals surface area contributed by atoms with Crippen molar-refractivity contribution >= 4 is 0 Å². The number of nitriles is 1. The second-order valence-electron chi connectivity index (χ2n) is 5.08. The lowest BCUT2D eigenvalue weighted by atomic mass is 10.0. The second-order valence-corrected chi connectivity index (χ2v) is 5.08. The molecule has 0 saturated heterocycles. The molecular formula is C15H25N3O. The van der Waals surface area contributed by atoms with E-state index < -0.39 is 0 Å². The fraction of sp³-hybridized carbons (Fsp3) is 0.667. The van der Waals surface area contributed by atoms with Crippen LogP contribution in [0.4, 0.5) is 0 Å². The van der Waals surface area contributed by atoms with E-state index in [1.165, 1.54) is 0 Å². The first kappa shape index (κ1) is 15.7. The maximum atomic E-state index is 9.00. The summed E-state index contributed by atoms with van der Waals surface area (Å²) in [7, 11) is 0. The Morgan fingerprint density at radius 2 is 2.11 bits per heavy atom. The number of hydrogen-bond donors (Lipinski definition) is 1. The van der Waals surface area contributed by atoms with Crippen LogP contribution >= 0.6 is 0 Å². The number of rotatable bonds is 7. The van der Waals surface area contributed by atoms with E-state index in [9.17, 15) is 0 Å². The summed E-state index contributed by atoms with van der Waals surface area (Å²) in [5.74, 6) is 1.79. The highest BCUT2D eigenvalue weighted by atomic mass is 16.3. The second kappa shape index (κ2) is 7.32. The third kappa shape index (κ3) is 4.09. The van der Waals surface area contributed by atoms with Crippen molar-refractivity contribution in [2.75, 3.05) is 13.1 Å². The highest BCUT2D eigenvalue weighted by molar-refractivity contribution is 5.12. The van der Waals surface area contributed by atoms with Crippen LogP contribution in [0.15, 0.2) is 16.5 Å². The third-order valence-corrected chi connectivity index (χ3v) is 3.46. The maximum Gasteiger partial charge on any atom is 0.122 e. The molecule has 0 radical (unpaired) electrons. The Bertz CT molecular complexity index is 421. The fourth-order valence-corrected chi connectivity index (χ4v) is 2.33. The zero-order chi connectivity index (χ0) is 14.4. The molecule has 0 saturated carbocycles. The minimum absolute atomic E-state index is 0.0105. The first-order chi connectivity index (χ1) is 9.03. The molecular weight excluding hydrogens is 238 g/mol. The Kier molecular flexibility index (Phi) is 6.07. The monoisotopic (exact) mass is 263 g/mol. The average molecular weight is 263 g/mol. The van der Waals surface area contributed by atoms with Crippen molar-refractivity contribution < 1.29 is 4.42 Å². The van der Waals surface area contributed by atoms with Crippen molar-refractivity contribution in [3.8, 4) is 6.07 Å². The molecule has 0 aromatic carbocycles. The Morgan fingerprint density at radius 1 is 1.42 bits per heavy atom. The van der Waals surface area contributed by atoms with E-state index in [-0.39, 0.29) is 18.0 Å². The van der Waals surface area contributed by atoms with Crippen LogP contribution < -0.4 is 5.73 Å². The number of hydrogen-bond acceptors (Lipinski definition) is 4. The lowest BCUT2D eigenvalue weighted by Crippen LogP contribution is -2.42. The molecule has 0 aliphatic rings. The van der Waals surface area contributed by atoms with Crippen molar-refractivity contribution in [1.29, 1.82) is 5.26 Å². The van der Waals surface area contributed by atoms with Gasteiger partial charge in [0.2, 0.25) is 0 Å². The van der Waals surface area contributed by atoms with Gasteiger partial charge in [0, 0.05) is 12.6 Å². The van der Waals surface area contributed by atoms with Gasteiger partial charge < -0.3 is 10.2 Å². The third-order valence-electron chi connectivity index (χ3n) is 3.46. The standard InChI is InChI=1S/C15H25N3O/c1-5-13(17)15(14-8-7-12(4)19-14)18(6-2)10-11(3)9-16/h7-8,11,13,15H,5-6,10,17H2,1-4H3. The molecule has 3 atom stereocenters. The van der Waals surface area contributed by atoms with E-state index in [0.717, 1.165) is 24.5 Å². The summed E-state index contributed by atoms with van der Waals surface area (Å²) in [6, 6.07) is 6.30. The van der Waals surface area contributed by atoms with Gasteiger partial charge >= 0.3 is 0 Å². The normalized spacial score (nSPS) is 16.1. The highest BCUT2D eigenvalue weighted by Crippen LogP contribution is 2.27. The molecule has 0 bridgehead atoms. The lowest BCUT2D eigenvalue weighted by molar-refractivity contribution is 0.144. The zero-order valence-electron chi connectivity index (χ0n) is 12.4. The van der Waals surface area contributed by atoms with E-state index in [1.54, 1.807) is 0 Å². The van der Waals surface area contributed by atoms with Gasteiger partial charge in [-0.1, -0.05) is 13.8 Å². The molecule has 3 unspecified atom stereocenters. The van der Waals surface area contributed by atoms with Crippen molar-refractivity contribution in [1.82, 2.24) is 4.90 Å². The summed E-state index contributed by atoms with van der Waals surface area (Å²) < 4.78 is 5.76. The Hall–Kier alpha value is -1.31. The first-order valence-electron chi connectivity index (χ1n) is 6.99. The first-order valence-corrected chi connectivity index (χ1v) is 6.99. The summed E-state index contributed by atoms with van der Waals surface area (Å²) in [5, 5.41) is 9.00. The van der Waals surface area contributed by atoms with E-state index in [1.807, 2.05) is 26.0 Å². The highest BCUT2D eigenvalue weighted by Gasteiger charge is 2.28. The van der Waals surface area contributed by atoms with Crippen LogP contribution in [0.25, 0.3) is 0 Å². The van der Waals surface area contributed by atoms with Crippen LogP contribution in [0.2, 0.25) is 0 Å². The van der Waals surface area contributed by atoms with Gasteiger partial charge in [-0.2, -0.15) is 5.26 Å². The van der Waals surface area contributed by atoms with Crippen LogP contribution in [0.5, 0.6) is 0 Å². The fourth-order valence-electron chi connectivity index (χ4n) is 2.33. The van der Waals surface area contributed by atoms with Crippen LogP contribution in [0, 0.1) is 24.2 Å². The SMILES string of the molecule is CCC(N)C(c1ccc(C)o1)N(CC)CC(C)C#N. The van der Waals surface area contributed by atoms with Crippen LogP contribution in [0.3, 0.4) is 0 Å². The predicted molar refractivity (Wildman–Crippen MR) is 76.5 cm³/mol. The van der Waals surface area contributed by atoms with Crippen LogP contribution in [-0.2, 0) is 0 Å². The Morgan fingerprint density at radius 3 is 2.53 bits per heavy atom. The number of likely N-dealkylation sites (N-methyl/N-ethyl adjacent to an activating group) is 1. The van der Waals surface area contributed by atoms with Gasteiger partial charge in [0.1, 0.15) is 11.5 Å². The molecule has 1 aromatic rings. The predicted octanol–water partition coefficient (Wildman–Crippen LogP) is 2.85. The smallest absolute Gasteiger partial charge is 0.122 e. The summed E-state index contributed by atoms with van der Waals surface area (Å²) in [5.41, 5.74) is 6.27. The molecule has 4 heteroatoms. The summed E-state index contributed by atoms with van der Waals surface area (Å²) in [6.07, 6.45) is 0.877. The molecule has 1 heterocycles. The maximum absolute atomic E-state index is 9.00. The van der Waals surface area contributed by atoms with Crippen molar-refractivity contribution in [2.24, 2.45) is 11.7 Å². The van der Waals surface area contributed by atoms with Gasteiger partial charge in [-0.25, -0.2) is 0 Å². The van der Waals surface area contributed by atoms with Gasteiger partial charge in [0.15, 0.2) is 0 Å². The van der Waals surface area contributed by atoms with E-state index in [4.69, 9.17) is 15.4 Å². The van der Waals surface area contributed by atoms with Gasteiger partial charge in [-0.05, 0) is 38.9 Å². The molecule has 0 aliphatic carbocycles. The summed E-state index contributed by atoms with van der Waals surface area (Å²) in [6.45, 7) is 9.61. The molecule has 0 fully saturated rings. The van der Waals surface area contributed by atoms with E-state index in [2.05, 4.69) is 24.8 Å². The molecule has 19 heavy (non-hydrogen) atoms. The summed E-state index contributed by atoms with van der Waals surface area (Å²) >= 11 is 0. The Balaban J connectivity index is 2.98. The van der Waals surface area contributed by atoms with Crippen molar-refractivity contribution in [3.63, 3.8) is 0 Å². The zero-order valence-corrected chi connectivity index (χ0v) is 12.4. The van der Waals surface area contributed by atoms with Crippen LogP contribution in [-0.4, -0.2) is 24.0 Å². The van der Waals surface area contributed by atoms with Gasteiger partial charge in [-0.15, -0.1) is 0 Å². The van der Waals surface area contributed by atoms with Crippen molar-refractivity contribution in [2.45, 2.75) is 46.2 Å². The number of nitrogens with zero attached hydrogens (tertiary/aromatic N) is 2. The van der Waals surface area contributed by atoms with Gasteiger partial charge in [0.05, 0.1) is 18.0 Å². The lowest BCUT2D eigenvalue weighted by Gasteiger charge is -2.33. The van der Waals surface area contributed by atoms with Gasteiger partial charge in [0.25, 0.3) is 0 Å². The topological polar surface area (TPSA) is 66.2 Å². The van der Waals surface area contributed by atoms with Gasteiger partial charge in [-0.3, -0.25) is 4.90 Å². The molecule has 0 spiro atoms. The average Bonchev–Trinajstić information content (AvgIpc) is 2.83. The molecule has 0 amide bonds. The van der Waals surface area contributed by atoms with E-state index in [0.29, 0.717) is 6.54 Å². The molecule has 106 valence electrons. The molecule has 4 nitrogen and oxygen atoms in total. The molecule has 2 N–H and O–H groups in total. The van der Waals surface area contributed by atoms with Crippen LogP contribution in [0.1, 0.15) is 44.8 Å². The van der Waals surface area contributed by atoms with E-state index >= 15 is 0 Å². The molecule has 1 rings (SSSR count). The minimum atomic E-state index is -0.0115. The quantitative estimate of drug-likeness (QED) is 0.821. The molecule has 0 aliphatic heterocycles. The molecule has 1 aromatic heterocycles. The number of nitrogens with two attached hydrogens (primary N) is 1. The minimum Gasteiger partial charge on any atom is -0.465 e. The van der Waals surface area contributed by atoms with Crippen molar-refractivity contribution in [3.05, 3.63) is 23.7 Å².